The normalized spacial score (nSPS) is 12.3. The van der Waals surface area contributed by atoms with Crippen molar-refractivity contribution in [2.75, 3.05) is 25.8 Å². The Balaban J connectivity index is 1.52. The monoisotopic (exact) mass is 477 g/mol. The number of nitrogens with one attached hydrogen (secondary N) is 1. The van der Waals surface area contributed by atoms with E-state index in [2.05, 4.69) is 10.3 Å². The van der Waals surface area contributed by atoms with E-state index in [1.54, 1.807) is 29.9 Å². The fraction of sp³-hybridized carbons (Fsp3) is 0.250. The lowest BCUT2D eigenvalue weighted by Gasteiger charge is -2.13. The van der Waals surface area contributed by atoms with Crippen LogP contribution in [0.5, 0.6) is 11.5 Å². The SMILES string of the molecule is COCCn1cnc2c1c(=O)n(CC(=O)Nc1ccc3c(c1)OCO3)c(=O)n2Cc1ccccc1. The zero-order valence-corrected chi connectivity index (χ0v) is 19.0. The molecule has 2 aromatic heterocycles. The molecule has 0 saturated carbocycles. The maximum absolute atomic E-state index is 13.4. The molecule has 4 aromatic rings. The molecule has 11 heteroatoms. The van der Waals surface area contributed by atoms with Gasteiger partial charge in [-0.25, -0.2) is 14.3 Å². The Morgan fingerprint density at radius 3 is 2.69 bits per heavy atom. The second kappa shape index (κ2) is 9.47. The number of nitrogens with zero attached hydrogens (tertiary/aromatic N) is 4. The molecule has 1 aliphatic heterocycles. The Kier molecular flexibility index (Phi) is 6.06. The number of hydrogen-bond acceptors (Lipinski definition) is 7. The molecule has 0 spiro atoms. The fourth-order valence-corrected chi connectivity index (χ4v) is 3.96. The molecule has 11 nitrogen and oxygen atoms in total. The van der Waals surface area contributed by atoms with Gasteiger partial charge in [-0.1, -0.05) is 30.3 Å². The maximum Gasteiger partial charge on any atom is 0.333 e. The number of fused-ring (bicyclic) bond motifs is 2. The fourth-order valence-electron chi connectivity index (χ4n) is 3.96. The van der Waals surface area contributed by atoms with Crippen LogP contribution in [0.2, 0.25) is 0 Å². The number of anilines is 1. The average molecular weight is 477 g/mol. The van der Waals surface area contributed by atoms with Crippen molar-refractivity contribution in [2.24, 2.45) is 0 Å². The molecule has 2 aromatic carbocycles. The van der Waals surface area contributed by atoms with Gasteiger partial charge in [0.1, 0.15) is 6.54 Å². The lowest BCUT2D eigenvalue weighted by atomic mass is 10.2. The summed E-state index contributed by atoms with van der Waals surface area (Å²) >= 11 is 0. The van der Waals surface area contributed by atoms with Crippen molar-refractivity contribution >= 4 is 22.8 Å². The summed E-state index contributed by atoms with van der Waals surface area (Å²) in [7, 11) is 1.56. The molecular formula is C24H23N5O6. The van der Waals surface area contributed by atoms with E-state index in [0.717, 1.165) is 10.1 Å². The van der Waals surface area contributed by atoms with Crippen LogP contribution in [0.15, 0.2) is 64.4 Å². The lowest BCUT2D eigenvalue weighted by molar-refractivity contribution is -0.116. The number of hydrogen-bond donors (Lipinski definition) is 1. The van der Waals surface area contributed by atoms with E-state index in [9.17, 15) is 14.4 Å². The third-order valence-electron chi connectivity index (χ3n) is 5.66. The van der Waals surface area contributed by atoms with E-state index < -0.39 is 23.7 Å². The zero-order chi connectivity index (χ0) is 24.4. The van der Waals surface area contributed by atoms with Crippen LogP contribution in [0.4, 0.5) is 5.69 Å². The highest BCUT2D eigenvalue weighted by Gasteiger charge is 2.21. The van der Waals surface area contributed by atoms with E-state index in [1.165, 1.54) is 10.9 Å². The predicted octanol–water partition coefficient (Wildman–Crippen LogP) is 1.42. The number of carbonyl (C=O) groups is 1. The van der Waals surface area contributed by atoms with Gasteiger partial charge in [-0.15, -0.1) is 0 Å². The predicted molar refractivity (Wildman–Crippen MR) is 127 cm³/mol. The third-order valence-corrected chi connectivity index (χ3v) is 5.66. The second-order valence-corrected chi connectivity index (χ2v) is 7.96. The van der Waals surface area contributed by atoms with Crippen LogP contribution in [0.25, 0.3) is 11.2 Å². The Labute approximate surface area is 199 Å². The number of aromatic nitrogens is 4. The Hall–Kier alpha value is -4.38. The standard InChI is InChI=1S/C24H23N5O6/c1-33-10-9-27-14-25-22-21(27)23(31)29(24(32)28(22)12-16-5-3-2-4-6-16)13-20(30)26-17-7-8-18-19(11-17)35-15-34-18/h2-8,11,14H,9-10,12-13,15H2,1H3,(H,26,30). The molecule has 0 fully saturated rings. The van der Waals surface area contributed by atoms with Crippen LogP contribution in [-0.4, -0.2) is 45.1 Å². The quantitative estimate of drug-likeness (QED) is 0.408. The molecule has 5 rings (SSSR count). The first-order valence-corrected chi connectivity index (χ1v) is 11.0. The molecule has 0 bridgehead atoms. The number of benzene rings is 2. The van der Waals surface area contributed by atoms with Crippen LogP contribution < -0.4 is 26.0 Å². The van der Waals surface area contributed by atoms with E-state index in [0.29, 0.717) is 30.3 Å². The van der Waals surface area contributed by atoms with Crippen LogP contribution in [0.1, 0.15) is 5.56 Å². The van der Waals surface area contributed by atoms with Gasteiger partial charge < -0.3 is 24.1 Å². The number of methoxy groups -OCH3 is 1. The molecule has 0 unspecified atom stereocenters. The van der Waals surface area contributed by atoms with Gasteiger partial charge in [-0.05, 0) is 17.7 Å². The van der Waals surface area contributed by atoms with Crippen LogP contribution >= 0.6 is 0 Å². The van der Waals surface area contributed by atoms with Gasteiger partial charge in [0.2, 0.25) is 12.7 Å². The lowest BCUT2D eigenvalue weighted by Crippen LogP contribution is -2.43. The minimum atomic E-state index is -0.621. The molecule has 0 saturated heterocycles. The van der Waals surface area contributed by atoms with Crippen LogP contribution in [-0.2, 0) is 29.2 Å². The highest BCUT2D eigenvalue weighted by atomic mass is 16.7. The Morgan fingerprint density at radius 2 is 1.89 bits per heavy atom. The molecule has 1 N–H and O–H groups in total. The second-order valence-electron chi connectivity index (χ2n) is 7.96. The number of rotatable bonds is 8. The molecule has 0 aliphatic carbocycles. The number of ether oxygens (including phenoxy) is 3. The third kappa shape index (κ3) is 4.41. The van der Waals surface area contributed by atoms with E-state index in [4.69, 9.17) is 14.2 Å². The van der Waals surface area contributed by atoms with Crippen LogP contribution in [0.3, 0.4) is 0 Å². The first-order chi connectivity index (χ1) is 17.0. The van der Waals surface area contributed by atoms with E-state index in [1.807, 2.05) is 30.3 Å². The van der Waals surface area contributed by atoms with Crippen molar-refractivity contribution in [3.63, 3.8) is 0 Å². The molecule has 1 amide bonds. The molecule has 180 valence electrons. The summed E-state index contributed by atoms with van der Waals surface area (Å²) in [6.07, 6.45) is 1.50. The molecular weight excluding hydrogens is 454 g/mol. The average Bonchev–Trinajstić information content (AvgIpc) is 3.50. The van der Waals surface area contributed by atoms with Gasteiger partial charge in [0.25, 0.3) is 5.56 Å². The van der Waals surface area contributed by atoms with Crippen molar-refractivity contribution in [3.8, 4) is 11.5 Å². The highest BCUT2D eigenvalue weighted by Crippen LogP contribution is 2.34. The summed E-state index contributed by atoms with van der Waals surface area (Å²) in [5.41, 5.74) is 0.592. The zero-order valence-electron chi connectivity index (χ0n) is 19.0. The summed E-state index contributed by atoms with van der Waals surface area (Å²) in [5.74, 6) is 0.558. The maximum atomic E-state index is 13.4. The molecule has 0 radical (unpaired) electrons. The first-order valence-electron chi connectivity index (χ1n) is 11.0. The van der Waals surface area contributed by atoms with E-state index >= 15 is 0 Å². The number of imidazole rings is 1. The van der Waals surface area contributed by atoms with Crippen molar-refractivity contribution in [1.82, 2.24) is 18.7 Å². The minimum Gasteiger partial charge on any atom is -0.454 e. The van der Waals surface area contributed by atoms with E-state index in [-0.39, 0.29) is 24.5 Å². The van der Waals surface area contributed by atoms with Crippen molar-refractivity contribution in [3.05, 3.63) is 81.3 Å². The summed E-state index contributed by atoms with van der Waals surface area (Å²) in [6, 6.07) is 14.3. The van der Waals surface area contributed by atoms with Gasteiger partial charge in [-0.3, -0.25) is 14.2 Å². The summed E-state index contributed by atoms with van der Waals surface area (Å²) in [6.45, 7) is 0.566. The van der Waals surface area contributed by atoms with Crippen molar-refractivity contribution in [1.29, 1.82) is 0 Å². The highest BCUT2D eigenvalue weighted by molar-refractivity contribution is 5.91. The van der Waals surface area contributed by atoms with Crippen molar-refractivity contribution < 1.29 is 19.0 Å². The van der Waals surface area contributed by atoms with Crippen molar-refractivity contribution in [2.45, 2.75) is 19.6 Å². The number of carbonyl (C=O) groups excluding carboxylic acids is 1. The molecule has 35 heavy (non-hydrogen) atoms. The van der Waals surface area contributed by atoms with Gasteiger partial charge >= 0.3 is 5.69 Å². The number of amides is 1. The van der Waals surface area contributed by atoms with Gasteiger partial charge in [-0.2, -0.15) is 0 Å². The summed E-state index contributed by atoms with van der Waals surface area (Å²) in [5, 5.41) is 2.71. The van der Waals surface area contributed by atoms with Gasteiger partial charge in [0.05, 0.1) is 19.5 Å². The molecule has 0 atom stereocenters. The first kappa shape index (κ1) is 22.4. The summed E-state index contributed by atoms with van der Waals surface area (Å²) in [4.78, 5) is 44.0. The summed E-state index contributed by atoms with van der Waals surface area (Å²) < 4.78 is 19.7. The Bertz CT molecular complexity index is 1500. The smallest absolute Gasteiger partial charge is 0.333 e. The topological polar surface area (TPSA) is 119 Å². The Morgan fingerprint density at radius 1 is 1.09 bits per heavy atom. The van der Waals surface area contributed by atoms with Gasteiger partial charge in [0.15, 0.2) is 22.7 Å². The van der Waals surface area contributed by atoms with Crippen LogP contribution in [0, 0.1) is 0 Å². The van der Waals surface area contributed by atoms with Gasteiger partial charge in [0, 0.05) is 25.4 Å². The minimum absolute atomic E-state index is 0.111. The molecule has 3 heterocycles. The molecule has 1 aliphatic rings. The largest absolute Gasteiger partial charge is 0.454 e.